The Hall–Kier alpha value is -12.7. The number of carboxylic acids is 4. The number of hydrogen-bond donors (Lipinski definition) is 8. The summed E-state index contributed by atoms with van der Waals surface area (Å²) in [6, 6.07) is 56.5. The van der Waals surface area contributed by atoms with E-state index in [4.69, 9.17) is 67.8 Å². The summed E-state index contributed by atoms with van der Waals surface area (Å²) in [5.74, 6) is -1.10. The number of carbonyl (C=O) groups is 4. The Morgan fingerprint density at radius 3 is 0.887 bits per heavy atom. The fourth-order valence-electron chi connectivity index (χ4n) is 9.06. The van der Waals surface area contributed by atoms with E-state index in [0.717, 1.165) is 11.3 Å². The van der Waals surface area contributed by atoms with Gasteiger partial charge in [-0.25, -0.2) is 52.8 Å². The molecule has 1 heterocycles. The van der Waals surface area contributed by atoms with Gasteiger partial charge in [0.15, 0.2) is 17.3 Å². The Morgan fingerprint density at radius 2 is 0.635 bits per heavy atom. The summed E-state index contributed by atoms with van der Waals surface area (Å²) in [4.78, 5) is 43.2. The minimum Gasteiger partial charge on any atom is -0.493 e. The highest BCUT2D eigenvalue weighted by molar-refractivity contribution is 7.94. The van der Waals surface area contributed by atoms with E-state index in [-0.39, 0.29) is 89.9 Å². The Balaban J connectivity index is 0.000000213. The highest BCUT2D eigenvalue weighted by Crippen LogP contribution is 2.32. The van der Waals surface area contributed by atoms with Crippen LogP contribution < -0.4 is 66.3 Å². The number of thiophene rings is 1. The molecule has 38 heteroatoms. The maximum absolute atomic E-state index is 12.7. The summed E-state index contributed by atoms with van der Waals surface area (Å²) >= 11 is 1.15. The van der Waals surface area contributed by atoms with Crippen LogP contribution in [-0.2, 0) is 40.1 Å². The zero-order valence-corrected chi connectivity index (χ0v) is 65.4. The van der Waals surface area contributed by atoms with Crippen molar-refractivity contribution in [1.82, 2.24) is 0 Å². The van der Waals surface area contributed by atoms with Gasteiger partial charge in [-0.1, -0.05) is 6.07 Å². The number of aromatic carboxylic acids is 4. The third-order valence-electron chi connectivity index (χ3n) is 14.7. The Labute approximate surface area is 663 Å². The molecule has 0 saturated heterocycles. The standard InChI is InChI=1S/C23H23NO8S.C19H17NO6S2.C18H21NO6S.C17H16F3NO6S/c1-29-21-12-11-20(15-22(21)30-2)33(27,28)24-17-5-9-19(10-6-17)32-14-13-31-18-7-3-16(4-8-18)23(25)26;21-19(22)14-3-7-16(8-4-14)25-11-12-26-17-9-5-15(6-10-17)20-28(23,24)18-2-1-13-27-18;1-13(2)26(22,23)19-15-5-9-17(10-6-15)25-12-11-24-16-7-3-14(4-8-16)18(20)21;18-17(19,20)11-28(24,25)21-13-3-7-15(8-4-13)27-10-9-26-14-5-1-12(2-6-14)16(22)23/h3-12,15,24H,13-14H2,1-2H3,(H,25,26);1-10,13,20H,11-12H2,(H,21,22);3-10,13,19H,11-12H2,1-2H3,(H,20,21);1-8,21H,9-11H2,(H,22,23). The summed E-state index contributed by atoms with van der Waals surface area (Å²) in [6.07, 6.45) is -4.83. The van der Waals surface area contributed by atoms with Gasteiger partial charge in [0.25, 0.3) is 20.0 Å². The summed E-state index contributed by atoms with van der Waals surface area (Å²) in [7, 11) is -12.4. The van der Waals surface area contributed by atoms with E-state index in [1.54, 1.807) is 141 Å². The zero-order valence-electron chi connectivity index (χ0n) is 61.3. The van der Waals surface area contributed by atoms with Gasteiger partial charge in [-0.2, -0.15) is 13.2 Å². The van der Waals surface area contributed by atoms with Crippen LogP contribution in [0.15, 0.2) is 239 Å². The van der Waals surface area contributed by atoms with Gasteiger partial charge >= 0.3 is 30.1 Å². The number of benzene rings is 9. The molecular weight excluding hydrogens is 1610 g/mol. The first-order valence-corrected chi connectivity index (χ1v) is 40.8. The van der Waals surface area contributed by atoms with Gasteiger partial charge in [0, 0.05) is 28.8 Å². The van der Waals surface area contributed by atoms with E-state index in [1.165, 1.54) is 117 Å². The molecule has 612 valence electrons. The molecule has 0 bridgehead atoms. The Morgan fingerprint density at radius 1 is 0.365 bits per heavy atom. The average Bonchev–Trinajstić information content (AvgIpc) is 1.06. The number of hydrogen-bond acceptors (Lipinski definition) is 23. The number of rotatable bonds is 38. The van der Waals surface area contributed by atoms with Crippen molar-refractivity contribution in [1.29, 1.82) is 0 Å². The van der Waals surface area contributed by atoms with E-state index in [0.29, 0.717) is 74.6 Å². The molecule has 0 radical (unpaired) electrons. The largest absolute Gasteiger partial charge is 0.493 e. The monoisotopic (exact) mass is 1690 g/mol. The molecule has 0 spiro atoms. The Bertz CT molecular complexity index is 5250. The number of methoxy groups -OCH3 is 2. The van der Waals surface area contributed by atoms with Crippen molar-refractivity contribution >= 4 is 98.1 Å². The molecule has 1 aromatic heterocycles. The van der Waals surface area contributed by atoms with Gasteiger partial charge in [0.05, 0.1) is 46.6 Å². The quantitative estimate of drug-likeness (QED) is 0.0167. The number of carboxylic acid groups (broad SMARTS) is 4. The first kappa shape index (κ1) is 89.6. The molecule has 30 nitrogen and oxygen atoms in total. The summed E-state index contributed by atoms with van der Waals surface area (Å²) < 4.78 is 196. The van der Waals surface area contributed by atoms with Crippen LogP contribution in [0.25, 0.3) is 0 Å². The van der Waals surface area contributed by atoms with E-state index in [1.807, 2.05) is 4.72 Å². The third-order valence-corrected chi connectivity index (χ3v) is 21.9. The van der Waals surface area contributed by atoms with Gasteiger partial charge in [-0.15, -0.1) is 11.3 Å². The molecule has 8 N–H and O–H groups in total. The molecule has 0 aliphatic rings. The van der Waals surface area contributed by atoms with Crippen molar-refractivity contribution in [2.24, 2.45) is 0 Å². The number of sulfonamides is 4. The van der Waals surface area contributed by atoms with Crippen LogP contribution >= 0.6 is 11.3 Å². The second-order valence-electron chi connectivity index (χ2n) is 23.5. The Kier molecular flexibility index (Phi) is 33.4. The van der Waals surface area contributed by atoms with Gasteiger partial charge in [-0.3, -0.25) is 18.9 Å². The van der Waals surface area contributed by atoms with Crippen molar-refractivity contribution in [3.63, 3.8) is 0 Å². The number of alkyl halides is 3. The average molecular weight is 1690 g/mol. The van der Waals surface area contributed by atoms with Gasteiger partial charge < -0.3 is 67.8 Å². The van der Waals surface area contributed by atoms with Crippen LogP contribution in [-0.4, -0.2) is 162 Å². The third kappa shape index (κ3) is 31.1. The zero-order chi connectivity index (χ0) is 83.8. The van der Waals surface area contributed by atoms with Crippen molar-refractivity contribution in [2.75, 3.05) is 91.7 Å². The lowest BCUT2D eigenvalue weighted by Gasteiger charge is -2.12. The summed E-state index contributed by atoms with van der Waals surface area (Å²) in [5, 5.41) is 36.5. The smallest absolute Gasteiger partial charge is 0.404 e. The molecule has 10 rings (SSSR count). The topological polar surface area (TPSA) is 426 Å². The molecule has 0 aliphatic heterocycles. The fourth-order valence-corrected chi connectivity index (χ4v) is 13.9. The molecule has 0 amide bonds. The number of ether oxygens (including phenoxy) is 10. The normalized spacial score (nSPS) is 11.2. The van der Waals surface area contributed by atoms with Crippen molar-refractivity contribution in [2.45, 2.75) is 34.4 Å². The number of anilines is 4. The molecule has 0 atom stereocenters. The molecule has 0 fully saturated rings. The minimum absolute atomic E-state index is 0.0219. The molecule has 115 heavy (non-hydrogen) atoms. The second kappa shape index (κ2) is 42.8. The van der Waals surface area contributed by atoms with Crippen LogP contribution in [0.4, 0.5) is 35.9 Å². The van der Waals surface area contributed by atoms with E-state index in [2.05, 4.69) is 14.2 Å². The lowest BCUT2D eigenvalue weighted by molar-refractivity contribution is -0.106. The summed E-state index contributed by atoms with van der Waals surface area (Å²) in [5.41, 5.74) is 1.96. The molecule has 10 aromatic rings. The van der Waals surface area contributed by atoms with E-state index >= 15 is 0 Å². The molecule has 0 saturated carbocycles. The van der Waals surface area contributed by atoms with Crippen molar-refractivity contribution in [3.8, 4) is 57.5 Å². The maximum Gasteiger partial charge on any atom is 0.404 e. The van der Waals surface area contributed by atoms with Gasteiger partial charge in [0.1, 0.15) is 103 Å². The van der Waals surface area contributed by atoms with Crippen LogP contribution in [0.1, 0.15) is 55.3 Å². The predicted molar refractivity (Wildman–Crippen MR) is 420 cm³/mol. The lowest BCUT2D eigenvalue weighted by Crippen LogP contribution is -2.27. The molecule has 9 aromatic carbocycles. The van der Waals surface area contributed by atoms with Crippen LogP contribution in [0.5, 0.6) is 57.5 Å². The molecule has 0 aliphatic carbocycles. The predicted octanol–water partition coefficient (Wildman–Crippen LogP) is 13.5. The number of halogens is 3. The van der Waals surface area contributed by atoms with E-state index < -0.39 is 81.1 Å². The highest BCUT2D eigenvalue weighted by atomic mass is 32.2. The molecule has 0 unspecified atom stereocenters. The minimum atomic E-state index is -4.83. The van der Waals surface area contributed by atoms with Crippen LogP contribution in [0.2, 0.25) is 0 Å². The van der Waals surface area contributed by atoms with E-state index in [9.17, 15) is 66.0 Å². The number of nitrogens with one attached hydrogen (secondary N) is 4. The van der Waals surface area contributed by atoms with Crippen molar-refractivity contribution in [3.05, 3.63) is 252 Å². The first-order chi connectivity index (χ1) is 54.6. The highest BCUT2D eigenvalue weighted by Gasteiger charge is 2.35. The SMILES string of the molecule is CC(C)S(=O)(=O)Nc1ccc(OCCOc2ccc(C(=O)O)cc2)cc1.COc1ccc(S(=O)(=O)Nc2ccc(OCCOc3ccc(C(=O)O)cc3)cc2)cc1OC.O=C(O)c1ccc(OCCOc2ccc(NS(=O)(=O)CC(F)(F)F)cc2)cc1.O=C(O)c1ccc(OCCOc2ccc(NS(=O)(=O)c3cccs3)cc2)cc1. The van der Waals surface area contributed by atoms with Gasteiger partial charge in [-0.05, 0) is 232 Å². The van der Waals surface area contributed by atoms with Gasteiger partial charge in [0.2, 0.25) is 20.0 Å². The maximum atomic E-state index is 12.7. The fraction of sp³-hybridized carbons (Fsp3) is 0.195. The van der Waals surface area contributed by atoms with Crippen LogP contribution in [0, 0.1) is 0 Å². The summed E-state index contributed by atoms with van der Waals surface area (Å²) in [6.45, 7) is 5.14. The first-order valence-electron chi connectivity index (χ1n) is 33.7. The lowest BCUT2D eigenvalue weighted by atomic mass is 10.2. The molecular formula is C77H77F3N4O26S5. The van der Waals surface area contributed by atoms with Crippen LogP contribution in [0.3, 0.4) is 0 Å². The second-order valence-corrected chi connectivity index (χ2v) is 32.0. The van der Waals surface area contributed by atoms with Crippen molar-refractivity contribution < 1.29 is 134 Å².